The first kappa shape index (κ1) is 15.8. The second-order valence-corrected chi connectivity index (χ2v) is 6.38. The summed E-state index contributed by atoms with van der Waals surface area (Å²) in [5.74, 6) is 0.776. The Labute approximate surface area is 137 Å². The number of rotatable bonds is 4. The fourth-order valence-corrected chi connectivity index (χ4v) is 3.59. The van der Waals surface area contributed by atoms with Gasteiger partial charge in [-0.25, -0.2) is 0 Å². The van der Waals surface area contributed by atoms with Crippen LogP contribution in [0.1, 0.15) is 42.5 Å². The predicted octanol–water partition coefficient (Wildman–Crippen LogP) is 2.22. The molecule has 124 valence electrons. The van der Waals surface area contributed by atoms with Crippen LogP contribution in [0.5, 0.6) is 5.75 Å². The lowest BCUT2D eigenvalue weighted by Gasteiger charge is -2.25. The molecular weight excluding hydrogens is 292 g/mol. The van der Waals surface area contributed by atoms with Gasteiger partial charge in [0, 0.05) is 24.7 Å². The molecule has 2 fully saturated rings. The average molecular weight is 316 g/mol. The highest BCUT2D eigenvalue weighted by Gasteiger charge is 2.37. The number of ether oxygens (including phenoxy) is 1. The third-order valence-corrected chi connectivity index (χ3v) is 4.92. The van der Waals surface area contributed by atoms with Crippen LogP contribution in [0.2, 0.25) is 0 Å². The molecular formula is C18H24N2O3. The van der Waals surface area contributed by atoms with E-state index in [1.54, 1.807) is 31.4 Å². The van der Waals surface area contributed by atoms with Crippen molar-refractivity contribution >= 4 is 11.8 Å². The van der Waals surface area contributed by atoms with E-state index in [1.165, 1.54) is 0 Å². The Bertz CT molecular complexity index is 564. The number of nitrogens with one attached hydrogen (secondary N) is 1. The molecule has 0 spiro atoms. The summed E-state index contributed by atoms with van der Waals surface area (Å²) in [4.78, 5) is 27.0. The maximum Gasteiger partial charge on any atom is 0.251 e. The minimum absolute atomic E-state index is 0.0438. The molecule has 23 heavy (non-hydrogen) atoms. The van der Waals surface area contributed by atoms with Crippen molar-refractivity contribution < 1.29 is 14.3 Å². The molecule has 1 heterocycles. The number of hydrogen-bond acceptors (Lipinski definition) is 3. The number of hydrogen-bond donors (Lipinski definition) is 1. The molecule has 1 saturated carbocycles. The highest BCUT2D eigenvalue weighted by molar-refractivity contribution is 5.95. The van der Waals surface area contributed by atoms with Crippen LogP contribution in [0.4, 0.5) is 0 Å². The van der Waals surface area contributed by atoms with E-state index in [1.807, 2.05) is 4.90 Å². The van der Waals surface area contributed by atoms with E-state index in [0.29, 0.717) is 5.56 Å². The van der Waals surface area contributed by atoms with Gasteiger partial charge in [-0.1, -0.05) is 6.42 Å². The Kier molecular flexibility index (Phi) is 4.84. The van der Waals surface area contributed by atoms with Gasteiger partial charge in [-0.05, 0) is 49.9 Å². The first-order valence-electron chi connectivity index (χ1n) is 8.43. The third kappa shape index (κ3) is 3.49. The third-order valence-electron chi connectivity index (χ3n) is 4.92. The van der Waals surface area contributed by atoms with Crippen molar-refractivity contribution in [2.45, 2.75) is 38.1 Å². The van der Waals surface area contributed by atoms with Gasteiger partial charge in [-0.3, -0.25) is 9.59 Å². The highest BCUT2D eigenvalue weighted by atomic mass is 16.5. The van der Waals surface area contributed by atoms with Gasteiger partial charge in [-0.15, -0.1) is 0 Å². The number of likely N-dealkylation sites (tertiary alicyclic amines) is 1. The Morgan fingerprint density at radius 3 is 2.43 bits per heavy atom. The summed E-state index contributed by atoms with van der Waals surface area (Å²) < 4.78 is 5.11. The monoisotopic (exact) mass is 316 g/mol. The van der Waals surface area contributed by atoms with Crippen LogP contribution in [0.3, 0.4) is 0 Å². The quantitative estimate of drug-likeness (QED) is 0.926. The number of methoxy groups -OCH3 is 1. The number of benzene rings is 1. The molecule has 0 unspecified atom stereocenters. The number of carbonyl (C=O) groups is 2. The summed E-state index contributed by atoms with van der Waals surface area (Å²) in [5, 5.41) is 3.06. The Hall–Kier alpha value is -2.04. The Balaban J connectivity index is 1.63. The number of amides is 2. The molecule has 1 N–H and O–H groups in total. The first-order chi connectivity index (χ1) is 11.2. The van der Waals surface area contributed by atoms with Gasteiger partial charge in [0.05, 0.1) is 13.0 Å². The molecule has 1 aliphatic carbocycles. The largest absolute Gasteiger partial charge is 0.497 e. The van der Waals surface area contributed by atoms with Gasteiger partial charge in [-0.2, -0.15) is 0 Å². The Morgan fingerprint density at radius 1 is 1.09 bits per heavy atom. The molecule has 2 amide bonds. The topological polar surface area (TPSA) is 58.6 Å². The molecule has 1 aromatic carbocycles. The molecule has 0 radical (unpaired) electrons. The molecule has 1 aromatic rings. The van der Waals surface area contributed by atoms with Crippen LogP contribution in [0, 0.1) is 5.92 Å². The summed E-state index contributed by atoms with van der Waals surface area (Å²) >= 11 is 0. The van der Waals surface area contributed by atoms with Crippen LogP contribution in [0.15, 0.2) is 24.3 Å². The molecule has 1 saturated heterocycles. The number of carbonyl (C=O) groups excluding carboxylic acids is 2. The zero-order valence-electron chi connectivity index (χ0n) is 13.6. The van der Waals surface area contributed by atoms with Crippen LogP contribution in [0.25, 0.3) is 0 Å². The van der Waals surface area contributed by atoms with Gasteiger partial charge in [0.2, 0.25) is 5.91 Å². The van der Waals surface area contributed by atoms with E-state index in [0.717, 1.165) is 50.9 Å². The summed E-state index contributed by atoms with van der Waals surface area (Å²) in [6.45, 7) is 1.74. The van der Waals surface area contributed by atoms with Gasteiger partial charge in [0.1, 0.15) is 5.75 Å². The van der Waals surface area contributed by atoms with Crippen molar-refractivity contribution in [1.29, 1.82) is 0 Å². The maximum absolute atomic E-state index is 12.6. The minimum Gasteiger partial charge on any atom is -0.497 e. The predicted molar refractivity (Wildman–Crippen MR) is 87.4 cm³/mol. The maximum atomic E-state index is 12.6. The van der Waals surface area contributed by atoms with Crippen molar-refractivity contribution in [3.8, 4) is 5.75 Å². The van der Waals surface area contributed by atoms with Gasteiger partial charge >= 0.3 is 0 Å². The van der Waals surface area contributed by atoms with E-state index >= 15 is 0 Å². The molecule has 0 bridgehead atoms. The molecule has 5 heteroatoms. The lowest BCUT2D eigenvalue weighted by Crippen LogP contribution is -2.44. The van der Waals surface area contributed by atoms with Crippen LogP contribution < -0.4 is 10.1 Å². The van der Waals surface area contributed by atoms with Gasteiger partial charge in [0.15, 0.2) is 0 Å². The van der Waals surface area contributed by atoms with Gasteiger partial charge < -0.3 is 15.0 Å². The van der Waals surface area contributed by atoms with Crippen LogP contribution in [-0.4, -0.2) is 43.0 Å². The summed E-state index contributed by atoms with van der Waals surface area (Å²) in [6.07, 6.45) is 4.95. The van der Waals surface area contributed by atoms with E-state index in [-0.39, 0.29) is 23.8 Å². The van der Waals surface area contributed by atoms with Crippen molar-refractivity contribution in [2.24, 2.45) is 5.92 Å². The van der Waals surface area contributed by atoms with Crippen molar-refractivity contribution in [1.82, 2.24) is 10.2 Å². The smallest absolute Gasteiger partial charge is 0.251 e. The summed E-state index contributed by atoms with van der Waals surface area (Å²) in [7, 11) is 1.60. The fraction of sp³-hybridized carbons (Fsp3) is 0.556. The number of nitrogens with zero attached hydrogens (tertiary/aromatic N) is 1. The van der Waals surface area contributed by atoms with Crippen LogP contribution >= 0.6 is 0 Å². The minimum atomic E-state index is -0.112. The SMILES string of the molecule is COc1ccc(C(=O)N[C@@H]2CCC[C@@H]2C(=O)N2CCCC2)cc1. The van der Waals surface area contributed by atoms with Crippen molar-refractivity contribution in [2.75, 3.05) is 20.2 Å². The first-order valence-corrected chi connectivity index (χ1v) is 8.43. The molecule has 0 aromatic heterocycles. The van der Waals surface area contributed by atoms with E-state index < -0.39 is 0 Å². The van der Waals surface area contributed by atoms with Gasteiger partial charge in [0.25, 0.3) is 5.91 Å². The zero-order chi connectivity index (χ0) is 16.2. The molecule has 2 atom stereocenters. The van der Waals surface area contributed by atoms with E-state index in [2.05, 4.69) is 5.32 Å². The zero-order valence-corrected chi connectivity index (χ0v) is 13.6. The average Bonchev–Trinajstić information content (AvgIpc) is 3.26. The fourth-order valence-electron chi connectivity index (χ4n) is 3.59. The second-order valence-electron chi connectivity index (χ2n) is 6.38. The molecule has 5 nitrogen and oxygen atoms in total. The van der Waals surface area contributed by atoms with E-state index in [4.69, 9.17) is 4.74 Å². The van der Waals surface area contributed by atoms with Crippen molar-refractivity contribution in [3.05, 3.63) is 29.8 Å². The normalized spacial score (nSPS) is 23.8. The standard InChI is InChI=1S/C18H24N2O3/c1-23-14-9-7-13(8-10-14)17(21)19-16-6-4-5-15(16)18(22)20-11-2-3-12-20/h7-10,15-16H,2-6,11-12H2,1H3,(H,19,21)/t15-,16+/m0/s1. The Morgan fingerprint density at radius 2 is 1.78 bits per heavy atom. The van der Waals surface area contributed by atoms with E-state index in [9.17, 15) is 9.59 Å². The van der Waals surface area contributed by atoms with Crippen molar-refractivity contribution in [3.63, 3.8) is 0 Å². The van der Waals surface area contributed by atoms with Crippen LogP contribution in [-0.2, 0) is 4.79 Å². The molecule has 3 rings (SSSR count). The summed E-state index contributed by atoms with van der Waals surface area (Å²) in [6, 6.07) is 7.01. The lowest BCUT2D eigenvalue weighted by molar-refractivity contribution is -0.134. The molecule has 1 aliphatic heterocycles. The summed E-state index contributed by atoms with van der Waals surface area (Å²) in [5.41, 5.74) is 0.602. The highest BCUT2D eigenvalue weighted by Crippen LogP contribution is 2.29. The lowest BCUT2D eigenvalue weighted by atomic mass is 10.0. The second kappa shape index (κ2) is 7.02. The molecule has 2 aliphatic rings.